The number of rotatable bonds is 3. The Morgan fingerprint density at radius 1 is 1.22 bits per heavy atom. The van der Waals surface area contributed by atoms with Crippen LogP contribution >= 0.6 is 11.6 Å². The van der Waals surface area contributed by atoms with Crippen molar-refractivity contribution in [1.29, 1.82) is 0 Å². The highest BCUT2D eigenvalue weighted by atomic mass is 35.5. The Balaban J connectivity index is 2.35. The molecular formula is C15H17ClN2. The molecule has 18 heavy (non-hydrogen) atoms. The van der Waals surface area contributed by atoms with E-state index in [1.807, 2.05) is 30.5 Å². The van der Waals surface area contributed by atoms with Crippen molar-refractivity contribution in [1.82, 2.24) is 4.98 Å². The molecule has 0 saturated carbocycles. The number of hydrogen-bond donors (Lipinski definition) is 1. The van der Waals surface area contributed by atoms with Crippen molar-refractivity contribution < 1.29 is 0 Å². The predicted octanol–water partition coefficient (Wildman–Crippen LogP) is 4.66. The van der Waals surface area contributed by atoms with Gasteiger partial charge in [0.1, 0.15) is 5.82 Å². The molecule has 1 aromatic carbocycles. The van der Waals surface area contributed by atoms with E-state index < -0.39 is 0 Å². The third-order valence-electron chi connectivity index (χ3n) is 3.07. The number of pyridine rings is 1. The third-order valence-corrected chi connectivity index (χ3v) is 3.43. The Labute approximate surface area is 113 Å². The van der Waals surface area contributed by atoms with Crippen molar-refractivity contribution in [3.8, 4) is 0 Å². The fraction of sp³-hybridized carbons (Fsp3) is 0.267. The smallest absolute Gasteiger partial charge is 0.130 e. The summed E-state index contributed by atoms with van der Waals surface area (Å²) < 4.78 is 0. The summed E-state index contributed by atoms with van der Waals surface area (Å²) in [7, 11) is 0. The molecule has 0 aliphatic rings. The Morgan fingerprint density at radius 3 is 2.67 bits per heavy atom. The number of anilines is 2. The average molecular weight is 261 g/mol. The number of nitrogens with one attached hydrogen (secondary N) is 1. The highest BCUT2D eigenvalue weighted by Gasteiger charge is 2.07. The molecule has 0 bridgehead atoms. The first-order valence-corrected chi connectivity index (χ1v) is 6.47. The summed E-state index contributed by atoms with van der Waals surface area (Å²) in [4.78, 5) is 4.31. The van der Waals surface area contributed by atoms with E-state index in [4.69, 9.17) is 11.6 Å². The molecule has 1 N–H and O–H groups in total. The second-order valence-corrected chi connectivity index (χ2v) is 4.80. The van der Waals surface area contributed by atoms with Crippen molar-refractivity contribution in [2.45, 2.75) is 27.2 Å². The second kappa shape index (κ2) is 5.40. The zero-order valence-electron chi connectivity index (χ0n) is 10.9. The molecule has 94 valence electrons. The second-order valence-electron chi connectivity index (χ2n) is 4.40. The van der Waals surface area contributed by atoms with Crippen molar-refractivity contribution in [3.63, 3.8) is 0 Å². The maximum atomic E-state index is 6.19. The fourth-order valence-electron chi connectivity index (χ4n) is 2.04. The van der Waals surface area contributed by atoms with Gasteiger partial charge >= 0.3 is 0 Å². The van der Waals surface area contributed by atoms with Crippen LogP contribution in [0.4, 0.5) is 11.5 Å². The molecule has 2 rings (SSSR count). The first-order chi connectivity index (χ1) is 8.61. The molecule has 0 saturated heterocycles. The molecule has 0 aliphatic carbocycles. The number of benzene rings is 1. The minimum atomic E-state index is 0.831. The van der Waals surface area contributed by atoms with E-state index in [0.717, 1.165) is 22.9 Å². The van der Waals surface area contributed by atoms with Gasteiger partial charge in [0.05, 0.1) is 0 Å². The summed E-state index contributed by atoms with van der Waals surface area (Å²) in [5, 5.41) is 4.18. The van der Waals surface area contributed by atoms with Gasteiger partial charge in [-0.25, -0.2) is 4.98 Å². The largest absolute Gasteiger partial charge is 0.340 e. The average Bonchev–Trinajstić information content (AvgIpc) is 2.34. The van der Waals surface area contributed by atoms with Crippen LogP contribution in [0.2, 0.25) is 5.02 Å². The summed E-state index contributed by atoms with van der Waals surface area (Å²) in [6, 6.07) is 7.95. The molecule has 1 heterocycles. The maximum absolute atomic E-state index is 6.19. The van der Waals surface area contributed by atoms with Crippen LogP contribution in [0.5, 0.6) is 0 Å². The van der Waals surface area contributed by atoms with Crippen LogP contribution in [0, 0.1) is 13.8 Å². The zero-order chi connectivity index (χ0) is 13.1. The van der Waals surface area contributed by atoms with Gasteiger partial charge in [0.2, 0.25) is 0 Å². The molecule has 0 atom stereocenters. The maximum Gasteiger partial charge on any atom is 0.130 e. The van der Waals surface area contributed by atoms with E-state index in [2.05, 4.69) is 31.1 Å². The van der Waals surface area contributed by atoms with Gasteiger partial charge in [-0.1, -0.05) is 18.5 Å². The zero-order valence-corrected chi connectivity index (χ0v) is 11.7. The predicted molar refractivity (Wildman–Crippen MR) is 77.8 cm³/mol. The van der Waals surface area contributed by atoms with Crippen LogP contribution in [-0.2, 0) is 6.42 Å². The van der Waals surface area contributed by atoms with Crippen molar-refractivity contribution in [3.05, 3.63) is 52.2 Å². The lowest BCUT2D eigenvalue weighted by atomic mass is 10.0. The summed E-state index contributed by atoms with van der Waals surface area (Å²) in [6.45, 7) is 6.25. The lowest BCUT2D eigenvalue weighted by Gasteiger charge is -2.13. The van der Waals surface area contributed by atoms with Crippen LogP contribution in [0.25, 0.3) is 0 Å². The molecular weight excluding hydrogens is 244 g/mol. The number of aryl methyl sites for hydroxylation is 1. The van der Waals surface area contributed by atoms with Crippen LogP contribution in [0.1, 0.15) is 23.6 Å². The molecule has 3 heteroatoms. The molecule has 0 aliphatic heterocycles. The van der Waals surface area contributed by atoms with E-state index in [9.17, 15) is 0 Å². The minimum Gasteiger partial charge on any atom is -0.340 e. The van der Waals surface area contributed by atoms with E-state index >= 15 is 0 Å². The molecule has 0 fully saturated rings. The summed E-state index contributed by atoms with van der Waals surface area (Å²) in [6.07, 6.45) is 2.74. The Bertz CT molecular complexity index is 564. The molecule has 1 aromatic heterocycles. The monoisotopic (exact) mass is 260 g/mol. The molecule has 0 spiro atoms. The van der Waals surface area contributed by atoms with Crippen LogP contribution in [0.15, 0.2) is 30.5 Å². The lowest BCUT2D eigenvalue weighted by molar-refractivity contribution is 1.11. The van der Waals surface area contributed by atoms with E-state index in [1.54, 1.807) is 0 Å². The molecule has 2 nitrogen and oxygen atoms in total. The first kappa shape index (κ1) is 12.9. The van der Waals surface area contributed by atoms with Gasteiger partial charge in [-0.15, -0.1) is 0 Å². The van der Waals surface area contributed by atoms with Crippen molar-refractivity contribution >= 4 is 23.1 Å². The molecule has 2 aromatic rings. The topological polar surface area (TPSA) is 24.9 Å². The van der Waals surface area contributed by atoms with Crippen molar-refractivity contribution in [2.75, 3.05) is 5.32 Å². The van der Waals surface area contributed by atoms with Crippen molar-refractivity contribution in [2.24, 2.45) is 0 Å². The standard InChI is InChI=1S/C15H17ClN2/c1-4-12-11(3)14(6-5-13(12)16)18-15-9-10(2)7-8-17-15/h5-9H,4H2,1-3H3,(H,17,18). The quantitative estimate of drug-likeness (QED) is 0.868. The minimum absolute atomic E-state index is 0.831. The first-order valence-electron chi connectivity index (χ1n) is 6.09. The SMILES string of the molecule is CCc1c(Cl)ccc(Nc2cc(C)ccn2)c1C. The lowest BCUT2D eigenvalue weighted by Crippen LogP contribution is -1.99. The molecule has 0 radical (unpaired) electrons. The van der Waals surface area contributed by atoms with Gasteiger partial charge in [-0.3, -0.25) is 0 Å². The number of aromatic nitrogens is 1. The highest BCUT2D eigenvalue weighted by molar-refractivity contribution is 6.31. The number of halogens is 1. The molecule has 0 unspecified atom stereocenters. The third kappa shape index (κ3) is 2.65. The van der Waals surface area contributed by atoms with Gasteiger partial charge in [-0.05, 0) is 61.2 Å². The fourth-order valence-corrected chi connectivity index (χ4v) is 2.37. The van der Waals surface area contributed by atoms with Gasteiger partial charge < -0.3 is 5.32 Å². The van der Waals surface area contributed by atoms with Gasteiger partial charge in [0.25, 0.3) is 0 Å². The Hall–Kier alpha value is -1.54. The molecule has 0 amide bonds. The summed E-state index contributed by atoms with van der Waals surface area (Å²) >= 11 is 6.19. The van der Waals surface area contributed by atoms with Crippen LogP contribution in [0.3, 0.4) is 0 Å². The van der Waals surface area contributed by atoms with E-state index in [1.165, 1.54) is 16.7 Å². The normalized spacial score (nSPS) is 10.4. The van der Waals surface area contributed by atoms with Crippen LogP contribution in [-0.4, -0.2) is 4.98 Å². The number of nitrogens with zero attached hydrogens (tertiary/aromatic N) is 1. The number of hydrogen-bond acceptors (Lipinski definition) is 2. The Morgan fingerprint density at radius 2 is 2.00 bits per heavy atom. The summed E-state index contributed by atoms with van der Waals surface area (Å²) in [5.41, 5.74) is 4.63. The van der Waals surface area contributed by atoms with Gasteiger partial charge in [0, 0.05) is 16.9 Å². The van der Waals surface area contributed by atoms with Crippen LogP contribution < -0.4 is 5.32 Å². The Kier molecular flexibility index (Phi) is 3.87. The summed E-state index contributed by atoms with van der Waals surface area (Å²) in [5.74, 6) is 0.863. The van der Waals surface area contributed by atoms with E-state index in [-0.39, 0.29) is 0 Å². The van der Waals surface area contributed by atoms with E-state index in [0.29, 0.717) is 0 Å². The van der Waals surface area contributed by atoms with Gasteiger partial charge in [0.15, 0.2) is 0 Å². The highest BCUT2D eigenvalue weighted by Crippen LogP contribution is 2.28. The van der Waals surface area contributed by atoms with Gasteiger partial charge in [-0.2, -0.15) is 0 Å².